The molecule has 0 atom stereocenters. The fourth-order valence-corrected chi connectivity index (χ4v) is 4.80. The number of esters is 1. The summed E-state index contributed by atoms with van der Waals surface area (Å²) in [5, 5.41) is 2.81. The van der Waals surface area contributed by atoms with Gasteiger partial charge in [-0.1, -0.05) is 17.8 Å². The smallest absolute Gasteiger partial charge is 0.337 e. The fourth-order valence-electron chi connectivity index (χ4n) is 3.08. The number of thioether (sulfide) groups is 1. The molecule has 1 amide bonds. The summed E-state index contributed by atoms with van der Waals surface area (Å²) < 4.78 is 11.4. The van der Waals surface area contributed by atoms with Crippen molar-refractivity contribution in [1.82, 2.24) is 14.5 Å². The van der Waals surface area contributed by atoms with Crippen molar-refractivity contribution in [2.75, 3.05) is 33.6 Å². The minimum atomic E-state index is -0.502. The third kappa shape index (κ3) is 5.76. The first kappa shape index (κ1) is 24.0. The Morgan fingerprint density at radius 2 is 2.06 bits per heavy atom. The van der Waals surface area contributed by atoms with Crippen LogP contribution in [-0.4, -0.2) is 60.0 Å². The number of benzene rings is 1. The summed E-state index contributed by atoms with van der Waals surface area (Å²) in [5.74, 6) is -0.428. The van der Waals surface area contributed by atoms with E-state index in [0.717, 1.165) is 4.88 Å². The zero-order chi connectivity index (χ0) is 23.1. The average molecular weight is 476 g/mol. The second-order valence-electron chi connectivity index (χ2n) is 7.04. The molecule has 0 spiro atoms. The minimum Gasteiger partial charge on any atom is -0.465 e. The monoisotopic (exact) mass is 475 g/mol. The van der Waals surface area contributed by atoms with E-state index in [9.17, 15) is 14.4 Å². The maximum atomic E-state index is 13.1. The van der Waals surface area contributed by atoms with Gasteiger partial charge in [0.1, 0.15) is 0 Å². The molecule has 0 unspecified atom stereocenters. The van der Waals surface area contributed by atoms with E-state index in [-0.39, 0.29) is 17.2 Å². The Labute approximate surface area is 194 Å². The normalized spacial score (nSPS) is 11.0. The molecule has 0 saturated heterocycles. The van der Waals surface area contributed by atoms with Crippen LogP contribution in [-0.2, 0) is 27.4 Å². The average Bonchev–Trinajstić information content (AvgIpc) is 3.31. The van der Waals surface area contributed by atoms with Crippen LogP contribution in [0, 0.1) is 0 Å². The number of carbonyl (C=O) groups excluding carboxylic acids is 2. The SMILES string of the molecule is COCCCn1c(SCC(=O)N(C)Cc2cccs2)nc2cc(C(=O)OC)ccc2c1=O. The lowest BCUT2D eigenvalue weighted by Crippen LogP contribution is -2.28. The molecule has 3 aromatic rings. The molecule has 1 aromatic carbocycles. The lowest BCUT2D eigenvalue weighted by atomic mass is 10.1. The molecule has 8 nitrogen and oxygen atoms in total. The molecular formula is C22H25N3O5S2. The van der Waals surface area contributed by atoms with Gasteiger partial charge in [0, 0.05) is 32.2 Å². The van der Waals surface area contributed by atoms with E-state index in [2.05, 4.69) is 4.98 Å². The molecule has 10 heteroatoms. The highest BCUT2D eigenvalue weighted by molar-refractivity contribution is 7.99. The van der Waals surface area contributed by atoms with Gasteiger partial charge >= 0.3 is 5.97 Å². The van der Waals surface area contributed by atoms with Gasteiger partial charge in [-0.2, -0.15) is 0 Å². The third-order valence-corrected chi connectivity index (χ3v) is 6.62. The Bertz CT molecular complexity index is 1140. The number of methoxy groups -OCH3 is 2. The van der Waals surface area contributed by atoms with Crippen LogP contribution in [0.4, 0.5) is 0 Å². The first-order valence-electron chi connectivity index (χ1n) is 9.95. The number of thiophene rings is 1. The summed E-state index contributed by atoms with van der Waals surface area (Å²) in [6.45, 7) is 1.44. The Kier molecular flexibility index (Phi) is 8.43. The second-order valence-corrected chi connectivity index (χ2v) is 9.01. The predicted octanol–water partition coefficient (Wildman–Crippen LogP) is 3.03. The molecule has 0 N–H and O–H groups in total. The molecule has 3 rings (SSSR count). The van der Waals surface area contributed by atoms with E-state index >= 15 is 0 Å². The van der Waals surface area contributed by atoms with Gasteiger partial charge in [-0.25, -0.2) is 9.78 Å². The van der Waals surface area contributed by atoms with Gasteiger partial charge in [0.05, 0.1) is 35.9 Å². The first-order valence-corrected chi connectivity index (χ1v) is 11.8. The molecule has 170 valence electrons. The number of amides is 1. The number of hydrogen-bond acceptors (Lipinski definition) is 8. The van der Waals surface area contributed by atoms with Crippen molar-refractivity contribution < 1.29 is 19.1 Å². The largest absolute Gasteiger partial charge is 0.465 e. The summed E-state index contributed by atoms with van der Waals surface area (Å²) in [6.07, 6.45) is 0.629. The molecule has 0 saturated carbocycles. The van der Waals surface area contributed by atoms with Crippen LogP contribution in [0.1, 0.15) is 21.7 Å². The zero-order valence-electron chi connectivity index (χ0n) is 18.2. The Morgan fingerprint density at radius 1 is 1.25 bits per heavy atom. The van der Waals surface area contributed by atoms with Gasteiger partial charge in [-0.05, 0) is 36.1 Å². The molecule has 32 heavy (non-hydrogen) atoms. The number of carbonyl (C=O) groups is 2. The number of ether oxygens (including phenoxy) is 2. The highest BCUT2D eigenvalue weighted by Gasteiger charge is 2.17. The van der Waals surface area contributed by atoms with Crippen molar-refractivity contribution in [2.45, 2.75) is 24.7 Å². The summed E-state index contributed by atoms with van der Waals surface area (Å²) >= 11 is 2.81. The Hall–Kier alpha value is -2.69. The molecule has 0 fully saturated rings. The van der Waals surface area contributed by atoms with Crippen molar-refractivity contribution in [3.63, 3.8) is 0 Å². The molecule has 0 aliphatic rings. The first-order chi connectivity index (χ1) is 15.4. The van der Waals surface area contributed by atoms with E-state index in [1.165, 1.54) is 24.9 Å². The molecule has 0 bridgehead atoms. The summed E-state index contributed by atoms with van der Waals surface area (Å²) in [5.41, 5.74) is 0.485. The van der Waals surface area contributed by atoms with Crippen LogP contribution in [0.15, 0.2) is 45.7 Å². The molecule has 0 aliphatic carbocycles. The van der Waals surface area contributed by atoms with Crippen LogP contribution < -0.4 is 5.56 Å². The van der Waals surface area contributed by atoms with Crippen LogP contribution in [0.5, 0.6) is 0 Å². The van der Waals surface area contributed by atoms with Crippen molar-refractivity contribution in [1.29, 1.82) is 0 Å². The van der Waals surface area contributed by atoms with Crippen molar-refractivity contribution in [3.05, 3.63) is 56.5 Å². The number of hydrogen-bond donors (Lipinski definition) is 0. The molecule has 2 heterocycles. The second kappa shape index (κ2) is 11.3. The molecule has 0 aliphatic heterocycles. The summed E-state index contributed by atoms with van der Waals surface area (Å²) in [6, 6.07) is 8.60. The van der Waals surface area contributed by atoms with Crippen molar-refractivity contribution in [3.8, 4) is 0 Å². The highest BCUT2D eigenvalue weighted by atomic mass is 32.2. The topological polar surface area (TPSA) is 90.7 Å². The van der Waals surface area contributed by atoms with Crippen LogP contribution in [0.3, 0.4) is 0 Å². The maximum Gasteiger partial charge on any atom is 0.337 e. The van der Waals surface area contributed by atoms with E-state index in [0.29, 0.717) is 47.7 Å². The molecule has 0 radical (unpaired) electrons. The van der Waals surface area contributed by atoms with E-state index in [1.54, 1.807) is 47.1 Å². The lowest BCUT2D eigenvalue weighted by molar-refractivity contribution is -0.127. The number of fused-ring (bicyclic) bond motifs is 1. The number of rotatable bonds is 10. The van der Waals surface area contributed by atoms with E-state index in [4.69, 9.17) is 9.47 Å². The zero-order valence-corrected chi connectivity index (χ0v) is 19.8. The summed E-state index contributed by atoms with van der Waals surface area (Å²) in [4.78, 5) is 45.1. The van der Waals surface area contributed by atoms with Gasteiger partial charge in [0.25, 0.3) is 5.56 Å². The highest BCUT2D eigenvalue weighted by Crippen LogP contribution is 2.21. The van der Waals surface area contributed by atoms with E-state index in [1.807, 2.05) is 17.5 Å². The number of nitrogens with zero attached hydrogens (tertiary/aromatic N) is 3. The predicted molar refractivity (Wildman–Crippen MR) is 125 cm³/mol. The van der Waals surface area contributed by atoms with Crippen LogP contribution >= 0.6 is 23.1 Å². The van der Waals surface area contributed by atoms with Gasteiger partial charge in [0.2, 0.25) is 5.91 Å². The van der Waals surface area contributed by atoms with Gasteiger partial charge in [0.15, 0.2) is 5.16 Å². The molecular weight excluding hydrogens is 450 g/mol. The van der Waals surface area contributed by atoms with Crippen LogP contribution in [0.25, 0.3) is 10.9 Å². The molecule has 2 aromatic heterocycles. The maximum absolute atomic E-state index is 13.1. The van der Waals surface area contributed by atoms with Crippen molar-refractivity contribution in [2.24, 2.45) is 0 Å². The Morgan fingerprint density at radius 3 is 2.75 bits per heavy atom. The van der Waals surface area contributed by atoms with Crippen LogP contribution in [0.2, 0.25) is 0 Å². The lowest BCUT2D eigenvalue weighted by Gasteiger charge is -2.17. The quantitative estimate of drug-likeness (QED) is 0.193. The Balaban J connectivity index is 1.87. The number of aromatic nitrogens is 2. The fraction of sp³-hybridized carbons (Fsp3) is 0.364. The third-order valence-electron chi connectivity index (χ3n) is 4.80. The van der Waals surface area contributed by atoms with Crippen molar-refractivity contribution >= 4 is 45.9 Å². The minimum absolute atomic E-state index is 0.0653. The standard InChI is InChI=1S/C22H25N3O5S2/c1-24(13-16-6-4-11-31-16)19(26)14-32-22-23-18-12-15(21(28)30-3)7-8-17(18)20(27)25(22)9-5-10-29-2/h4,6-8,11-12H,5,9-10,13-14H2,1-3H3. The van der Waals surface area contributed by atoms with Gasteiger partial charge < -0.3 is 14.4 Å². The van der Waals surface area contributed by atoms with Gasteiger partial charge in [-0.3, -0.25) is 14.2 Å². The van der Waals surface area contributed by atoms with E-state index < -0.39 is 5.97 Å². The van der Waals surface area contributed by atoms with Gasteiger partial charge in [-0.15, -0.1) is 11.3 Å². The summed E-state index contributed by atoms with van der Waals surface area (Å²) in [7, 11) is 4.66.